The first-order valence-corrected chi connectivity index (χ1v) is 11.7. The Hall–Kier alpha value is -4.02. The number of aliphatic carboxylic acids is 1. The summed E-state index contributed by atoms with van der Waals surface area (Å²) in [7, 11) is 4.05. The Morgan fingerprint density at radius 3 is 2.14 bits per heavy atom. The number of carboxylic acids is 1. The molecule has 4 nitrogen and oxygen atoms in total. The van der Waals surface area contributed by atoms with E-state index in [-0.39, 0.29) is 0 Å². The highest BCUT2D eigenvalue weighted by atomic mass is 35.5. The first-order chi connectivity index (χ1) is 16.9. The maximum atomic E-state index is 11.0. The van der Waals surface area contributed by atoms with Crippen LogP contribution in [0.3, 0.4) is 0 Å². The minimum atomic E-state index is -0.974. The lowest BCUT2D eigenvalue weighted by Crippen LogP contribution is -2.16. The molecule has 0 aliphatic heterocycles. The predicted molar refractivity (Wildman–Crippen MR) is 147 cm³/mol. The Labute approximate surface area is 211 Å². The molecule has 4 aromatic carbocycles. The van der Waals surface area contributed by atoms with Gasteiger partial charge in [-0.2, -0.15) is 0 Å². The van der Waals surface area contributed by atoms with Crippen LogP contribution in [-0.2, 0) is 11.3 Å². The van der Waals surface area contributed by atoms with Gasteiger partial charge in [0, 0.05) is 48.8 Å². The van der Waals surface area contributed by atoms with Crippen molar-refractivity contribution in [3.63, 3.8) is 0 Å². The third kappa shape index (κ3) is 6.11. The Kier molecular flexibility index (Phi) is 7.54. The first-order valence-electron chi connectivity index (χ1n) is 11.3. The van der Waals surface area contributed by atoms with E-state index in [2.05, 4.69) is 46.2 Å². The van der Waals surface area contributed by atoms with E-state index in [1.54, 1.807) is 6.08 Å². The van der Waals surface area contributed by atoms with Crippen LogP contribution in [0.25, 0.3) is 17.2 Å². The van der Waals surface area contributed by atoms with Crippen LogP contribution < -0.4 is 9.80 Å². The monoisotopic (exact) mass is 482 g/mol. The van der Waals surface area contributed by atoms with Crippen molar-refractivity contribution in [2.24, 2.45) is 0 Å². The fraction of sp³-hybridized carbons (Fsp3) is 0.100. The van der Waals surface area contributed by atoms with Crippen LogP contribution in [0, 0.1) is 0 Å². The van der Waals surface area contributed by atoms with Gasteiger partial charge in [-0.25, -0.2) is 4.79 Å². The van der Waals surface area contributed by atoms with E-state index < -0.39 is 5.97 Å². The maximum absolute atomic E-state index is 11.0. The van der Waals surface area contributed by atoms with Crippen LogP contribution in [0.2, 0.25) is 5.02 Å². The molecule has 0 spiro atoms. The lowest BCUT2D eigenvalue weighted by molar-refractivity contribution is -0.131. The van der Waals surface area contributed by atoms with Gasteiger partial charge in [0.2, 0.25) is 0 Å². The second-order valence-electron chi connectivity index (χ2n) is 8.44. The van der Waals surface area contributed by atoms with E-state index in [1.165, 1.54) is 0 Å². The molecule has 0 bridgehead atoms. The molecule has 0 unspecified atom stereocenters. The molecule has 176 valence electrons. The third-order valence-electron chi connectivity index (χ3n) is 5.77. The molecule has 0 amide bonds. The number of nitrogens with zero attached hydrogens (tertiary/aromatic N) is 2. The zero-order valence-corrected chi connectivity index (χ0v) is 20.5. The van der Waals surface area contributed by atoms with Crippen LogP contribution in [0.4, 0.5) is 17.1 Å². The molecule has 0 aromatic heterocycles. The van der Waals surface area contributed by atoms with Crippen LogP contribution in [0.1, 0.15) is 11.1 Å². The molecule has 4 rings (SSSR count). The highest BCUT2D eigenvalue weighted by molar-refractivity contribution is 6.31. The average molecular weight is 483 g/mol. The average Bonchev–Trinajstić information content (AvgIpc) is 2.87. The largest absolute Gasteiger partial charge is 0.478 e. The number of halogens is 1. The van der Waals surface area contributed by atoms with E-state index in [0.29, 0.717) is 11.6 Å². The van der Waals surface area contributed by atoms with Crippen molar-refractivity contribution < 1.29 is 9.90 Å². The summed E-state index contributed by atoms with van der Waals surface area (Å²) in [5, 5.41) is 9.68. The molecular weight excluding hydrogens is 456 g/mol. The molecule has 0 aliphatic rings. The summed E-state index contributed by atoms with van der Waals surface area (Å²) in [5.74, 6) is -0.974. The first kappa shape index (κ1) is 24.1. The van der Waals surface area contributed by atoms with Crippen LogP contribution in [0.5, 0.6) is 0 Å². The Morgan fingerprint density at radius 1 is 0.800 bits per heavy atom. The van der Waals surface area contributed by atoms with Crippen LogP contribution in [-0.4, -0.2) is 25.2 Å². The normalized spacial score (nSPS) is 10.9. The van der Waals surface area contributed by atoms with Gasteiger partial charge < -0.3 is 14.9 Å². The maximum Gasteiger partial charge on any atom is 0.328 e. The summed E-state index contributed by atoms with van der Waals surface area (Å²) in [6, 6.07) is 32.5. The highest BCUT2D eigenvalue weighted by Gasteiger charge is 2.13. The molecular formula is C30H27ClN2O2. The minimum absolute atomic E-state index is 0.564. The van der Waals surface area contributed by atoms with E-state index in [4.69, 9.17) is 16.7 Å². The third-order valence-corrected chi connectivity index (χ3v) is 6.12. The fourth-order valence-electron chi connectivity index (χ4n) is 3.88. The summed E-state index contributed by atoms with van der Waals surface area (Å²) < 4.78 is 0. The van der Waals surface area contributed by atoms with Crippen molar-refractivity contribution in [3.05, 3.63) is 119 Å². The van der Waals surface area contributed by atoms with Gasteiger partial charge in [0.15, 0.2) is 0 Å². The van der Waals surface area contributed by atoms with Gasteiger partial charge in [0.1, 0.15) is 0 Å². The van der Waals surface area contributed by atoms with E-state index in [9.17, 15) is 4.79 Å². The summed E-state index contributed by atoms with van der Waals surface area (Å²) in [5.41, 5.74) is 7.10. The van der Waals surface area contributed by atoms with Crippen LogP contribution >= 0.6 is 11.6 Å². The van der Waals surface area contributed by atoms with Gasteiger partial charge in [-0.05, 0) is 70.8 Å². The number of para-hydroxylation sites is 1. The quantitative estimate of drug-likeness (QED) is 0.264. The van der Waals surface area contributed by atoms with Gasteiger partial charge in [-0.1, -0.05) is 66.2 Å². The molecule has 0 heterocycles. The van der Waals surface area contributed by atoms with E-state index in [1.807, 2.05) is 74.8 Å². The van der Waals surface area contributed by atoms with Crippen molar-refractivity contribution in [2.45, 2.75) is 6.54 Å². The molecule has 0 saturated carbocycles. The van der Waals surface area contributed by atoms with Gasteiger partial charge in [-0.3, -0.25) is 0 Å². The molecule has 0 fully saturated rings. The molecule has 0 aliphatic carbocycles. The van der Waals surface area contributed by atoms with Crippen molar-refractivity contribution >= 4 is 40.7 Å². The summed E-state index contributed by atoms with van der Waals surface area (Å²) in [6.45, 7) is 0.564. The minimum Gasteiger partial charge on any atom is -0.478 e. The second kappa shape index (κ2) is 10.9. The molecule has 5 heteroatoms. The molecule has 0 radical (unpaired) electrons. The number of carboxylic acid groups (broad SMARTS) is 1. The predicted octanol–water partition coefficient (Wildman–Crippen LogP) is 7.51. The van der Waals surface area contributed by atoms with E-state index >= 15 is 0 Å². The Balaban J connectivity index is 1.65. The lowest BCUT2D eigenvalue weighted by Gasteiger charge is -2.26. The van der Waals surface area contributed by atoms with E-state index in [0.717, 1.165) is 45.4 Å². The zero-order valence-electron chi connectivity index (χ0n) is 19.7. The number of hydrogen-bond acceptors (Lipinski definition) is 3. The van der Waals surface area contributed by atoms with Crippen molar-refractivity contribution in [2.75, 3.05) is 23.9 Å². The number of rotatable bonds is 8. The SMILES string of the molecule is CN(C)c1ccc(-c2ccc(CN(c3ccccc3)c3cccc(/C=C/C(=O)O)c3)c(Cl)c2)cc1. The molecule has 0 saturated heterocycles. The number of anilines is 3. The topological polar surface area (TPSA) is 43.8 Å². The Bertz CT molecular complexity index is 1330. The highest BCUT2D eigenvalue weighted by Crippen LogP contribution is 2.32. The van der Waals surface area contributed by atoms with Crippen molar-refractivity contribution in [1.82, 2.24) is 0 Å². The smallest absolute Gasteiger partial charge is 0.328 e. The standard InChI is InChI=1S/C30H27ClN2O2/c1-32(2)26-16-14-23(15-17-26)24-12-13-25(29(31)20-24)21-33(27-8-4-3-5-9-27)28-10-6-7-22(19-28)11-18-30(34)35/h3-20H,21H2,1-2H3,(H,34,35)/b18-11+. The fourth-order valence-corrected chi connectivity index (χ4v) is 4.12. The summed E-state index contributed by atoms with van der Waals surface area (Å²) in [4.78, 5) is 15.2. The lowest BCUT2D eigenvalue weighted by atomic mass is 10.0. The van der Waals surface area contributed by atoms with Gasteiger partial charge in [-0.15, -0.1) is 0 Å². The second-order valence-corrected chi connectivity index (χ2v) is 8.84. The molecule has 1 N–H and O–H groups in total. The van der Waals surface area contributed by atoms with Gasteiger partial charge in [0.05, 0.1) is 0 Å². The van der Waals surface area contributed by atoms with Crippen molar-refractivity contribution in [1.29, 1.82) is 0 Å². The summed E-state index contributed by atoms with van der Waals surface area (Å²) in [6.07, 6.45) is 2.74. The summed E-state index contributed by atoms with van der Waals surface area (Å²) >= 11 is 6.78. The number of benzene rings is 4. The molecule has 35 heavy (non-hydrogen) atoms. The molecule has 0 atom stereocenters. The van der Waals surface area contributed by atoms with Crippen molar-refractivity contribution in [3.8, 4) is 11.1 Å². The number of carbonyl (C=O) groups is 1. The Morgan fingerprint density at radius 2 is 1.49 bits per heavy atom. The van der Waals surface area contributed by atoms with Gasteiger partial charge in [0.25, 0.3) is 0 Å². The van der Waals surface area contributed by atoms with Gasteiger partial charge >= 0.3 is 5.97 Å². The molecule has 4 aromatic rings. The number of hydrogen-bond donors (Lipinski definition) is 1. The van der Waals surface area contributed by atoms with Crippen LogP contribution in [0.15, 0.2) is 103 Å². The zero-order chi connectivity index (χ0) is 24.8.